The number of aliphatic hydroxyl groups excluding tert-OH is 1. The molecule has 182 valence electrons. The molecule has 1 amide bonds. The van der Waals surface area contributed by atoms with Crippen LogP contribution >= 0.6 is 11.6 Å². The minimum absolute atomic E-state index is 0.0331. The fraction of sp³-hybridized carbons (Fsp3) is 0.0800. The number of fused-ring (bicyclic) bond motifs is 1. The topological polar surface area (TPSA) is 92.9 Å². The first kappa shape index (κ1) is 23.4. The molecule has 36 heavy (non-hydrogen) atoms. The quantitative estimate of drug-likeness (QED) is 0.320. The van der Waals surface area contributed by atoms with E-state index < -0.39 is 35.6 Å². The summed E-state index contributed by atoms with van der Waals surface area (Å²) in [6.07, 6.45) is -2.12. The largest absolute Gasteiger partial charge is 0.573 e. The van der Waals surface area contributed by atoms with Crippen molar-refractivity contribution in [2.24, 2.45) is 0 Å². The van der Waals surface area contributed by atoms with Crippen molar-refractivity contribution in [1.82, 2.24) is 4.98 Å². The maximum Gasteiger partial charge on any atom is 0.573 e. The van der Waals surface area contributed by atoms with Gasteiger partial charge in [0.2, 0.25) is 5.78 Å². The highest BCUT2D eigenvalue weighted by Crippen LogP contribution is 2.43. The van der Waals surface area contributed by atoms with Crippen molar-refractivity contribution in [1.29, 1.82) is 0 Å². The van der Waals surface area contributed by atoms with Crippen LogP contribution in [0.2, 0.25) is 5.02 Å². The van der Waals surface area contributed by atoms with Crippen LogP contribution in [0.5, 0.6) is 5.75 Å². The number of anilines is 1. The minimum Gasteiger partial charge on any atom is -0.503 e. The summed E-state index contributed by atoms with van der Waals surface area (Å²) in [5.74, 6) is -3.35. The number of carbonyl (C=O) groups excluding carboxylic acids is 2. The van der Waals surface area contributed by atoms with Crippen LogP contribution in [0.1, 0.15) is 22.2 Å². The highest BCUT2D eigenvalue weighted by Gasteiger charge is 2.45. The SMILES string of the molecule is O=C(C1=C(O)C(=O)N(c2cccc(OC(F)(F)F)c2)C1c1ccncc1)c1cc2cc(Cl)ccc2o1. The molecule has 0 radical (unpaired) electrons. The fourth-order valence-corrected chi connectivity index (χ4v) is 4.23. The molecule has 4 aromatic rings. The van der Waals surface area contributed by atoms with Crippen molar-refractivity contribution in [3.05, 3.63) is 101 Å². The second-order valence-electron chi connectivity index (χ2n) is 7.79. The zero-order chi connectivity index (χ0) is 25.6. The lowest BCUT2D eigenvalue weighted by atomic mass is 9.95. The molecule has 1 aliphatic heterocycles. The molecular weight excluding hydrogens is 501 g/mol. The van der Waals surface area contributed by atoms with Gasteiger partial charge in [-0.15, -0.1) is 13.2 Å². The van der Waals surface area contributed by atoms with Crippen LogP contribution in [0.25, 0.3) is 11.0 Å². The summed E-state index contributed by atoms with van der Waals surface area (Å²) in [6.45, 7) is 0. The number of aromatic nitrogens is 1. The van der Waals surface area contributed by atoms with E-state index in [1.54, 1.807) is 18.2 Å². The predicted molar refractivity (Wildman–Crippen MR) is 123 cm³/mol. The third-order valence-electron chi connectivity index (χ3n) is 5.51. The van der Waals surface area contributed by atoms with Gasteiger partial charge in [-0.05, 0) is 54.1 Å². The zero-order valence-electron chi connectivity index (χ0n) is 18.0. The van der Waals surface area contributed by atoms with Crippen molar-refractivity contribution in [3.8, 4) is 5.75 Å². The Bertz CT molecular complexity index is 1530. The van der Waals surface area contributed by atoms with Gasteiger partial charge in [0, 0.05) is 34.6 Å². The third-order valence-corrected chi connectivity index (χ3v) is 5.74. The summed E-state index contributed by atoms with van der Waals surface area (Å²) in [4.78, 5) is 31.7. The van der Waals surface area contributed by atoms with E-state index in [1.807, 2.05) is 0 Å². The molecule has 0 spiro atoms. The molecular formula is C25H14ClF3N2O5. The number of benzene rings is 2. The lowest BCUT2D eigenvalue weighted by molar-refractivity contribution is -0.274. The van der Waals surface area contributed by atoms with Crippen molar-refractivity contribution < 1.29 is 37.0 Å². The second-order valence-corrected chi connectivity index (χ2v) is 8.22. The van der Waals surface area contributed by atoms with Crippen molar-refractivity contribution >= 4 is 39.9 Å². The molecule has 1 aliphatic rings. The number of hydrogen-bond donors (Lipinski definition) is 1. The Morgan fingerprint density at radius 1 is 1.08 bits per heavy atom. The monoisotopic (exact) mass is 514 g/mol. The molecule has 0 saturated carbocycles. The number of alkyl halides is 3. The molecule has 0 bridgehead atoms. The molecule has 0 saturated heterocycles. The molecule has 2 aromatic heterocycles. The van der Waals surface area contributed by atoms with Gasteiger partial charge < -0.3 is 14.3 Å². The first-order chi connectivity index (χ1) is 17.1. The summed E-state index contributed by atoms with van der Waals surface area (Å²) in [7, 11) is 0. The van der Waals surface area contributed by atoms with E-state index in [1.165, 1.54) is 42.7 Å². The summed E-state index contributed by atoms with van der Waals surface area (Å²) >= 11 is 6.01. The molecule has 3 heterocycles. The number of nitrogens with zero attached hydrogens (tertiary/aromatic N) is 2. The van der Waals surface area contributed by atoms with Gasteiger partial charge >= 0.3 is 6.36 Å². The molecule has 7 nitrogen and oxygen atoms in total. The fourth-order valence-electron chi connectivity index (χ4n) is 4.05. The number of rotatable bonds is 5. The van der Waals surface area contributed by atoms with Crippen LogP contribution in [0.4, 0.5) is 18.9 Å². The van der Waals surface area contributed by atoms with Gasteiger partial charge in [-0.2, -0.15) is 0 Å². The van der Waals surface area contributed by atoms with Gasteiger partial charge in [0.25, 0.3) is 5.91 Å². The number of aliphatic hydroxyl groups is 1. The Kier molecular flexibility index (Phi) is 5.68. The first-order valence-electron chi connectivity index (χ1n) is 10.4. The molecule has 11 heteroatoms. The van der Waals surface area contributed by atoms with Gasteiger partial charge in [0.1, 0.15) is 11.3 Å². The standard InChI is InChI=1S/C25H14ClF3N2O5/c26-15-4-5-18-14(10-15)11-19(35-18)22(32)20-21(13-6-8-30-9-7-13)31(24(34)23(20)33)16-2-1-3-17(12-16)36-25(27,28)29/h1-12,21,33H. The summed E-state index contributed by atoms with van der Waals surface area (Å²) in [5, 5.41) is 11.8. The van der Waals surface area contributed by atoms with Crippen molar-refractivity contribution in [2.75, 3.05) is 4.90 Å². The Morgan fingerprint density at radius 2 is 1.83 bits per heavy atom. The second kappa shape index (κ2) is 8.72. The zero-order valence-corrected chi connectivity index (χ0v) is 18.7. The van der Waals surface area contributed by atoms with Crippen molar-refractivity contribution in [3.63, 3.8) is 0 Å². The van der Waals surface area contributed by atoms with Crippen LogP contribution in [-0.2, 0) is 4.79 Å². The van der Waals surface area contributed by atoms with E-state index in [-0.39, 0.29) is 17.0 Å². The van der Waals surface area contributed by atoms with Crippen molar-refractivity contribution in [2.45, 2.75) is 12.4 Å². The van der Waals surface area contributed by atoms with Crippen LogP contribution in [-0.4, -0.2) is 28.1 Å². The number of Topliss-reactive ketones (excluding diaryl/α,β-unsaturated/α-hetero) is 1. The molecule has 1 unspecified atom stereocenters. The Labute approximate surface area is 206 Å². The average Bonchev–Trinajstić information content (AvgIpc) is 3.37. The normalized spacial score (nSPS) is 16.2. The van der Waals surface area contributed by atoms with Gasteiger partial charge in [0.15, 0.2) is 11.5 Å². The summed E-state index contributed by atoms with van der Waals surface area (Å²) in [6, 6.07) is 12.7. The average molecular weight is 515 g/mol. The van der Waals surface area contributed by atoms with E-state index in [2.05, 4.69) is 9.72 Å². The molecule has 2 aromatic carbocycles. The number of hydrogen-bond acceptors (Lipinski definition) is 6. The third kappa shape index (κ3) is 4.27. The number of halogens is 4. The Morgan fingerprint density at radius 3 is 2.56 bits per heavy atom. The highest BCUT2D eigenvalue weighted by molar-refractivity contribution is 6.31. The van der Waals surface area contributed by atoms with E-state index in [4.69, 9.17) is 16.0 Å². The van der Waals surface area contributed by atoms with Gasteiger partial charge in [-0.1, -0.05) is 17.7 Å². The number of carbonyl (C=O) groups is 2. The van der Waals surface area contributed by atoms with E-state index >= 15 is 0 Å². The van der Waals surface area contributed by atoms with E-state index in [0.29, 0.717) is 21.6 Å². The molecule has 1 N–H and O–H groups in total. The smallest absolute Gasteiger partial charge is 0.503 e. The summed E-state index contributed by atoms with van der Waals surface area (Å²) < 4.78 is 47.9. The molecule has 1 atom stereocenters. The minimum atomic E-state index is -4.95. The Balaban J connectivity index is 1.61. The van der Waals surface area contributed by atoms with Crippen LogP contribution in [0, 0.1) is 0 Å². The lowest BCUT2D eigenvalue weighted by Crippen LogP contribution is -2.31. The number of amides is 1. The maximum atomic E-state index is 13.6. The molecule has 0 aliphatic carbocycles. The van der Waals surface area contributed by atoms with E-state index in [9.17, 15) is 27.9 Å². The Hall–Kier alpha value is -4.31. The predicted octanol–water partition coefficient (Wildman–Crippen LogP) is 6.16. The number of pyridine rings is 1. The van der Waals surface area contributed by atoms with E-state index in [0.717, 1.165) is 17.0 Å². The number of furan rings is 1. The molecule has 0 fully saturated rings. The van der Waals surface area contributed by atoms with Gasteiger partial charge in [0.05, 0.1) is 11.6 Å². The number of ketones is 1. The van der Waals surface area contributed by atoms with Crippen LogP contribution in [0.15, 0.2) is 88.8 Å². The first-order valence-corrected chi connectivity index (χ1v) is 10.8. The van der Waals surface area contributed by atoms with Gasteiger partial charge in [-0.3, -0.25) is 19.5 Å². The molecule has 5 rings (SSSR count). The van der Waals surface area contributed by atoms with Crippen LogP contribution < -0.4 is 9.64 Å². The van der Waals surface area contributed by atoms with Crippen LogP contribution in [0.3, 0.4) is 0 Å². The lowest BCUT2D eigenvalue weighted by Gasteiger charge is -2.27. The number of ether oxygens (including phenoxy) is 1. The maximum absolute atomic E-state index is 13.6. The highest BCUT2D eigenvalue weighted by atomic mass is 35.5. The summed E-state index contributed by atoms with van der Waals surface area (Å²) in [5.41, 5.74) is 0.404. The van der Waals surface area contributed by atoms with Gasteiger partial charge in [-0.25, -0.2) is 0 Å².